The number of aliphatic hydroxyl groups is 1. The maximum absolute atomic E-state index is 10.3. The van der Waals surface area contributed by atoms with Gasteiger partial charge >= 0.3 is 0 Å². The van der Waals surface area contributed by atoms with E-state index in [1.165, 1.54) is 0 Å². The average Bonchev–Trinajstić information content (AvgIpc) is 2.30. The maximum atomic E-state index is 10.3. The molecule has 1 aromatic carbocycles. The second-order valence-corrected chi connectivity index (χ2v) is 4.32. The predicted octanol–water partition coefficient (Wildman–Crippen LogP) is 1.52. The van der Waals surface area contributed by atoms with E-state index in [0.29, 0.717) is 6.54 Å². The Kier molecular flexibility index (Phi) is 4.93. The zero-order valence-electron chi connectivity index (χ0n) is 10.2. The Morgan fingerprint density at radius 3 is 2.56 bits per heavy atom. The van der Waals surface area contributed by atoms with E-state index in [0.717, 1.165) is 12.1 Å². The molecule has 0 aliphatic heterocycles. The van der Waals surface area contributed by atoms with Crippen molar-refractivity contribution in [3.63, 3.8) is 0 Å². The third-order valence-corrected chi connectivity index (χ3v) is 2.70. The lowest BCUT2D eigenvalue weighted by Crippen LogP contribution is -2.38. The monoisotopic (exact) mass is 223 g/mol. The Labute approximate surface area is 97.4 Å². The fourth-order valence-electron chi connectivity index (χ4n) is 1.50. The van der Waals surface area contributed by atoms with E-state index >= 15 is 0 Å². The zero-order chi connectivity index (χ0) is 12.0. The van der Waals surface area contributed by atoms with Crippen LogP contribution in [-0.4, -0.2) is 31.4 Å². The molecule has 0 heterocycles. The van der Waals surface area contributed by atoms with E-state index in [2.05, 4.69) is 5.32 Å². The first kappa shape index (κ1) is 13.2. The van der Waals surface area contributed by atoms with Gasteiger partial charge in [0.15, 0.2) is 0 Å². The van der Waals surface area contributed by atoms with Gasteiger partial charge in [-0.25, -0.2) is 0 Å². The summed E-state index contributed by atoms with van der Waals surface area (Å²) in [7, 11) is 1.68. The molecule has 0 spiro atoms. The Morgan fingerprint density at radius 2 is 2.00 bits per heavy atom. The van der Waals surface area contributed by atoms with Crippen LogP contribution >= 0.6 is 0 Å². The molecule has 0 aromatic heterocycles. The molecule has 0 aliphatic rings. The molecule has 2 unspecified atom stereocenters. The Balaban J connectivity index is 2.46. The van der Waals surface area contributed by atoms with E-state index in [9.17, 15) is 5.11 Å². The van der Waals surface area contributed by atoms with E-state index in [4.69, 9.17) is 4.74 Å². The highest BCUT2D eigenvalue weighted by Gasteiger charge is 2.22. The fraction of sp³-hybridized carbons (Fsp3) is 0.538. The van der Waals surface area contributed by atoms with Gasteiger partial charge in [-0.1, -0.05) is 30.3 Å². The summed E-state index contributed by atoms with van der Waals surface area (Å²) in [6.45, 7) is 5.06. The van der Waals surface area contributed by atoms with Crippen molar-refractivity contribution < 1.29 is 9.84 Å². The van der Waals surface area contributed by atoms with E-state index < -0.39 is 5.60 Å². The average molecular weight is 223 g/mol. The largest absolute Gasteiger partial charge is 0.384 e. The standard InChI is InChI=1S/C13H21NO2/c1-11(16-3)9-14-10-13(2,15)12-7-5-4-6-8-12/h4-8,11,14-15H,9-10H2,1-3H3. The molecule has 1 rings (SSSR count). The van der Waals surface area contributed by atoms with Gasteiger partial charge < -0.3 is 15.2 Å². The molecule has 16 heavy (non-hydrogen) atoms. The molecule has 0 bridgehead atoms. The maximum Gasteiger partial charge on any atom is 0.0992 e. The number of benzene rings is 1. The lowest BCUT2D eigenvalue weighted by atomic mass is 9.96. The smallest absolute Gasteiger partial charge is 0.0992 e. The summed E-state index contributed by atoms with van der Waals surface area (Å²) in [6.07, 6.45) is 0.159. The van der Waals surface area contributed by atoms with Crippen LogP contribution in [0.2, 0.25) is 0 Å². The van der Waals surface area contributed by atoms with Crippen molar-refractivity contribution in [3.05, 3.63) is 35.9 Å². The molecule has 3 nitrogen and oxygen atoms in total. The third-order valence-electron chi connectivity index (χ3n) is 2.70. The zero-order valence-corrected chi connectivity index (χ0v) is 10.2. The summed E-state index contributed by atoms with van der Waals surface area (Å²) >= 11 is 0. The summed E-state index contributed by atoms with van der Waals surface area (Å²) < 4.78 is 5.13. The Hall–Kier alpha value is -0.900. The first-order valence-electron chi connectivity index (χ1n) is 5.57. The van der Waals surface area contributed by atoms with Crippen LogP contribution in [0.4, 0.5) is 0 Å². The lowest BCUT2D eigenvalue weighted by molar-refractivity contribution is 0.0496. The summed E-state index contributed by atoms with van der Waals surface area (Å²) in [4.78, 5) is 0. The van der Waals surface area contributed by atoms with Crippen molar-refractivity contribution in [1.82, 2.24) is 5.32 Å². The van der Waals surface area contributed by atoms with Gasteiger partial charge in [0.1, 0.15) is 0 Å². The van der Waals surface area contributed by atoms with Crippen LogP contribution in [0.25, 0.3) is 0 Å². The van der Waals surface area contributed by atoms with Crippen molar-refractivity contribution in [1.29, 1.82) is 0 Å². The molecule has 2 atom stereocenters. The molecule has 0 radical (unpaired) electrons. The second kappa shape index (κ2) is 5.99. The minimum Gasteiger partial charge on any atom is -0.384 e. The van der Waals surface area contributed by atoms with Gasteiger partial charge in [0.05, 0.1) is 11.7 Å². The Bertz CT molecular complexity index is 298. The molecular weight excluding hydrogens is 202 g/mol. The van der Waals surface area contributed by atoms with E-state index in [1.807, 2.05) is 44.2 Å². The van der Waals surface area contributed by atoms with Crippen molar-refractivity contribution in [2.45, 2.75) is 25.6 Å². The second-order valence-electron chi connectivity index (χ2n) is 4.32. The summed E-state index contributed by atoms with van der Waals surface area (Å²) in [5.41, 5.74) is 0.0851. The predicted molar refractivity (Wildman–Crippen MR) is 65.4 cm³/mol. The van der Waals surface area contributed by atoms with Gasteiger partial charge in [-0.3, -0.25) is 0 Å². The van der Waals surface area contributed by atoms with Crippen LogP contribution in [0.3, 0.4) is 0 Å². The highest BCUT2D eigenvalue weighted by molar-refractivity contribution is 5.21. The van der Waals surface area contributed by atoms with Crippen LogP contribution in [0, 0.1) is 0 Å². The summed E-state index contributed by atoms with van der Waals surface area (Å²) in [5.74, 6) is 0. The van der Waals surface area contributed by atoms with Crippen molar-refractivity contribution in [2.24, 2.45) is 0 Å². The highest BCUT2D eigenvalue weighted by atomic mass is 16.5. The molecular formula is C13H21NO2. The molecule has 0 saturated carbocycles. The molecule has 0 amide bonds. The van der Waals surface area contributed by atoms with Crippen molar-refractivity contribution >= 4 is 0 Å². The van der Waals surface area contributed by atoms with Crippen molar-refractivity contribution in [2.75, 3.05) is 20.2 Å². The number of ether oxygens (including phenoxy) is 1. The minimum absolute atomic E-state index is 0.159. The van der Waals surface area contributed by atoms with Crippen LogP contribution in [0.1, 0.15) is 19.4 Å². The van der Waals surface area contributed by atoms with Gasteiger partial charge in [-0.15, -0.1) is 0 Å². The first-order valence-corrected chi connectivity index (χ1v) is 5.57. The Morgan fingerprint density at radius 1 is 1.38 bits per heavy atom. The van der Waals surface area contributed by atoms with Gasteiger partial charge in [0.25, 0.3) is 0 Å². The molecule has 0 saturated heterocycles. The number of methoxy groups -OCH3 is 1. The van der Waals surface area contributed by atoms with Gasteiger partial charge in [0, 0.05) is 20.2 Å². The molecule has 3 heteroatoms. The molecule has 0 fully saturated rings. The van der Waals surface area contributed by atoms with Crippen LogP contribution in [-0.2, 0) is 10.3 Å². The number of nitrogens with one attached hydrogen (secondary N) is 1. The number of rotatable bonds is 6. The fourth-order valence-corrected chi connectivity index (χ4v) is 1.50. The molecule has 0 aliphatic carbocycles. The SMILES string of the molecule is COC(C)CNCC(C)(O)c1ccccc1. The van der Waals surface area contributed by atoms with E-state index in [1.54, 1.807) is 7.11 Å². The van der Waals surface area contributed by atoms with Crippen LogP contribution in [0.15, 0.2) is 30.3 Å². The molecule has 2 N–H and O–H groups in total. The van der Waals surface area contributed by atoms with E-state index in [-0.39, 0.29) is 6.10 Å². The van der Waals surface area contributed by atoms with Gasteiger partial charge in [-0.2, -0.15) is 0 Å². The van der Waals surface area contributed by atoms with Gasteiger partial charge in [-0.05, 0) is 19.4 Å². The minimum atomic E-state index is -0.839. The molecule has 90 valence electrons. The number of hydrogen-bond donors (Lipinski definition) is 2. The topological polar surface area (TPSA) is 41.5 Å². The van der Waals surface area contributed by atoms with Crippen LogP contribution < -0.4 is 5.32 Å². The molecule has 1 aromatic rings. The summed E-state index contributed by atoms with van der Waals surface area (Å²) in [5, 5.41) is 13.5. The first-order chi connectivity index (χ1) is 7.56. The normalized spacial score (nSPS) is 16.8. The third kappa shape index (κ3) is 3.93. The van der Waals surface area contributed by atoms with Gasteiger partial charge in [0.2, 0.25) is 0 Å². The lowest BCUT2D eigenvalue weighted by Gasteiger charge is -2.25. The quantitative estimate of drug-likeness (QED) is 0.768. The van der Waals surface area contributed by atoms with Crippen molar-refractivity contribution in [3.8, 4) is 0 Å². The van der Waals surface area contributed by atoms with Crippen LogP contribution in [0.5, 0.6) is 0 Å². The number of hydrogen-bond acceptors (Lipinski definition) is 3. The summed E-state index contributed by atoms with van der Waals surface area (Å²) in [6, 6.07) is 9.67. The highest BCUT2D eigenvalue weighted by Crippen LogP contribution is 2.18.